The lowest BCUT2D eigenvalue weighted by molar-refractivity contribution is 0.405. The fourth-order valence-electron chi connectivity index (χ4n) is 1.58. The lowest BCUT2D eigenvalue weighted by Gasteiger charge is -2.04. The molecular weight excluding hydrogens is 270 g/mol. The molecule has 0 bridgehead atoms. The largest absolute Gasteiger partial charge is 0.496 e. The van der Waals surface area contributed by atoms with E-state index in [0.29, 0.717) is 33.9 Å². The minimum atomic E-state index is 0.319. The van der Waals surface area contributed by atoms with Crippen LogP contribution in [0.3, 0.4) is 0 Å². The first-order chi connectivity index (χ1) is 9.28. The highest BCUT2D eigenvalue weighted by Gasteiger charge is 2.16. The van der Waals surface area contributed by atoms with Gasteiger partial charge in [-0.15, -0.1) is 0 Å². The molecule has 7 nitrogen and oxygen atoms in total. The number of rotatable bonds is 3. The number of aromatic amines is 1. The van der Waals surface area contributed by atoms with Gasteiger partial charge in [0, 0.05) is 5.02 Å². The van der Waals surface area contributed by atoms with Crippen molar-refractivity contribution in [1.82, 2.24) is 25.3 Å². The van der Waals surface area contributed by atoms with Crippen LogP contribution in [0.5, 0.6) is 5.75 Å². The number of hydrogen-bond acceptors (Lipinski definition) is 6. The van der Waals surface area contributed by atoms with Crippen molar-refractivity contribution in [2.75, 3.05) is 7.11 Å². The van der Waals surface area contributed by atoms with Crippen LogP contribution in [0.15, 0.2) is 29.0 Å². The predicted octanol–water partition coefficient (Wildman–Crippen LogP) is 2.18. The Morgan fingerprint density at radius 2 is 2.26 bits per heavy atom. The van der Waals surface area contributed by atoms with Crippen LogP contribution in [0.2, 0.25) is 5.02 Å². The number of hydrogen-bond donors (Lipinski definition) is 1. The summed E-state index contributed by atoms with van der Waals surface area (Å²) >= 11 is 5.90. The summed E-state index contributed by atoms with van der Waals surface area (Å²) in [6.45, 7) is 0. The topological polar surface area (TPSA) is 89.7 Å². The lowest BCUT2D eigenvalue weighted by atomic mass is 10.2. The molecule has 3 aromatic rings. The summed E-state index contributed by atoms with van der Waals surface area (Å²) in [5.41, 5.74) is 0.658. The first-order valence-corrected chi connectivity index (χ1v) is 5.69. The first kappa shape index (κ1) is 11.7. The molecule has 19 heavy (non-hydrogen) atoms. The summed E-state index contributed by atoms with van der Waals surface area (Å²) in [5, 5.41) is 10.8. The number of nitrogens with zero attached hydrogens (tertiary/aromatic N) is 4. The van der Waals surface area contributed by atoms with Gasteiger partial charge in [0.2, 0.25) is 5.82 Å². The zero-order valence-corrected chi connectivity index (χ0v) is 10.5. The molecular formula is C11H8ClN5O2. The quantitative estimate of drug-likeness (QED) is 0.789. The molecule has 0 radical (unpaired) electrons. The van der Waals surface area contributed by atoms with Crippen LogP contribution in [0.4, 0.5) is 0 Å². The van der Waals surface area contributed by atoms with Gasteiger partial charge < -0.3 is 9.26 Å². The van der Waals surface area contributed by atoms with Gasteiger partial charge in [-0.05, 0) is 18.2 Å². The van der Waals surface area contributed by atoms with Crippen LogP contribution in [-0.4, -0.2) is 32.4 Å². The average Bonchev–Trinajstić information content (AvgIpc) is 3.09. The highest BCUT2D eigenvalue weighted by atomic mass is 35.5. The van der Waals surface area contributed by atoms with Crippen LogP contribution in [-0.2, 0) is 0 Å². The SMILES string of the molecule is COc1cc(Cl)ccc1-c1nc(-c2ncn[nH]2)no1. The molecule has 0 saturated carbocycles. The van der Waals surface area contributed by atoms with Gasteiger partial charge in [-0.25, -0.2) is 4.98 Å². The fourth-order valence-corrected chi connectivity index (χ4v) is 1.75. The Bertz CT molecular complexity index is 695. The zero-order chi connectivity index (χ0) is 13.2. The van der Waals surface area contributed by atoms with Crippen molar-refractivity contribution in [2.24, 2.45) is 0 Å². The predicted molar refractivity (Wildman–Crippen MR) is 66.7 cm³/mol. The molecule has 0 amide bonds. The van der Waals surface area contributed by atoms with Crippen molar-refractivity contribution in [3.63, 3.8) is 0 Å². The molecule has 1 N–H and O–H groups in total. The highest BCUT2D eigenvalue weighted by molar-refractivity contribution is 6.30. The van der Waals surface area contributed by atoms with Gasteiger partial charge in [-0.2, -0.15) is 10.1 Å². The van der Waals surface area contributed by atoms with Gasteiger partial charge in [0.15, 0.2) is 5.82 Å². The molecule has 8 heteroatoms. The third-order valence-electron chi connectivity index (χ3n) is 2.45. The molecule has 2 aromatic heterocycles. The molecule has 0 aliphatic heterocycles. The van der Waals surface area contributed by atoms with Gasteiger partial charge in [-0.3, -0.25) is 5.10 Å². The molecule has 0 unspecified atom stereocenters. The van der Waals surface area contributed by atoms with Crippen molar-refractivity contribution >= 4 is 11.6 Å². The van der Waals surface area contributed by atoms with E-state index in [2.05, 4.69) is 25.3 Å². The second-order valence-corrected chi connectivity index (χ2v) is 4.04. The number of H-pyrrole nitrogens is 1. The highest BCUT2D eigenvalue weighted by Crippen LogP contribution is 2.31. The van der Waals surface area contributed by atoms with Crippen molar-refractivity contribution < 1.29 is 9.26 Å². The van der Waals surface area contributed by atoms with Gasteiger partial charge >= 0.3 is 0 Å². The van der Waals surface area contributed by atoms with E-state index >= 15 is 0 Å². The Labute approximate surface area is 112 Å². The number of methoxy groups -OCH3 is 1. The van der Waals surface area contributed by atoms with E-state index in [4.69, 9.17) is 20.9 Å². The molecule has 0 atom stereocenters. The summed E-state index contributed by atoms with van der Waals surface area (Å²) in [6.07, 6.45) is 1.37. The summed E-state index contributed by atoms with van der Waals surface area (Å²) in [5.74, 6) is 1.63. The Balaban J connectivity index is 2.03. The Hall–Kier alpha value is -2.41. The molecule has 2 heterocycles. The summed E-state index contributed by atoms with van der Waals surface area (Å²) in [4.78, 5) is 8.17. The maximum absolute atomic E-state index is 5.90. The summed E-state index contributed by atoms with van der Waals surface area (Å²) in [6, 6.07) is 5.14. The number of ether oxygens (including phenoxy) is 1. The van der Waals surface area contributed by atoms with Crippen molar-refractivity contribution in [2.45, 2.75) is 0 Å². The van der Waals surface area contributed by atoms with Crippen molar-refractivity contribution in [1.29, 1.82) is 0 Å². The molecule has 0 saturated heterocycles. The first-order valence-electron chi connectivity index (χ1n) is 5.31. The van der Waals surface area contributed by atoms with E-state index < -0.39 is 0 Å². The average molecular weight is 278 g/mol. The van der Waals surface area contributed by atoms with Crippen molar-refractivity contribution in [3.05, 3.63) is 29.5 Å². The minimum absolute atomic E-state index is 0.319. The van der Waals surface area contributed by atoms with E-state index in [-0.39, 0.29) is 0 Å². The van der Waals surface area contributed by atoms with Gasteiger partial charge in [0.1, 0.15) is 12.1 Å². The Morgan fingerprint density at radius 3 is 3.00 bits per heavy atom. The fraction of sp³-hybridized carbons (Fsp3) is 0.0909. The molecule has 96 valence electrons. The molecule has 0 spiro atoms. The number of benzene rings is 1. The standard InChI is InChI=1S/C11H8ClN5O2/c1-18-8-4-6(12)2-3-7(8)11-15-10(17-19-11)9-13-5-14-16-9/h2-5H,1H3,(H,13,14,16). The summed E-state index contributed by atoms with van der Waals surface area (Å²) < 4.78 is 10.4. The third kappa shape index (κ3) is 2.15. The normalized spacial score (nSPS) is 10.6. The van der Waals surface area contributed by atoms with Crippen LogP contribution in [0.25, 0.3) is 23.1 Å². The Kier molecular flexibility index (Phi) is 2.88. The Morgan fingerprint density at radius 1 is 1.37 bits per heavy atom. The van der Waals surface area contributed by atoms with E-state index in [1.807, 2.05) is 0 Å². The molecule has 0 aliphatic rings. The molecule has 3 rings (SSSR count). The molecule has 0 fully saturated rings. The number of nitrogens with one attached hydrogen (secondary N) is 1. The molecule has 0 aliphatic carbocycles. The van der Waals surface area contributed by atoms with Crippen LogP contribution < -0.4 is 4.74 Å². The van der Waals surface area contributed by atoms with Crippen LogP contribution in [0, 0.1) is 0 Å². The second kappa shape index (κ2) is 4.69. The number of aromatic nitrogens is 5. The molecule has 1 aromatic carbocycles. The lowest BCUT2D eigenvalue weighted by Crippen LogP contribution is -1.88. The monoisotopic (exact) mass is 277 g/mol. The van der Waals surface area contributed by atoms with Gasteiger partial charge in [0.25, 0.3) is 5.89 Å². The summed E-state index contributed by atoms with van der Waals surface area (Å²) in [7, 11) is 1.54. The van der Waals surface area contributed by atoms with Gasteiger partial charge in [-0.1, -0.05) is 16.8 Å². The van der Waals surface area contributed by atoms with Crippen LogP contribution in [0.1, 0.15) is 0 Å². The maximum atomic E-state index is 5.90. The van der Waals surface area contributed by atoms with E-state index in [1.54, 1.807) is 25.3 Å². The van der Waals surface area contributed by atoms with E-state index in [1.165, 1.54) is 6.33 Å². The van der Waals surface area contributed by atoms with Crippen LogP contribution >= 0.6 is 11.6 Å². The van der Waals surface area contributed by atoms with Crippen molar-refractivity contribution in [3.8, 4) is 28.9 Å². The maximum Gasteiger partial charge on any atom is 0.262 e. The van der Waals surface area contributed by atoms with E-state index in [0.717, 1.165) is 0 Å². The zero-order valence-electron chi connectivity index (χ0n) is 9.79. The van der Waals surface area contributed by atoms with E-state index in [9.17, 15) is 0 Å². The minimum Gasteiger partial charge on any atom is -0.496 e. The number of halogens is 1. The van der Waals surface area contributed by atoms with Gasteiger partial charge in [0.05, 0.1) is 12.7 Å². The third-order valence-corrected chi connectivity index (χ3v) is 2.68. The second-order valence-electron chi connectivity index (χ2n) is 3.60. The smallest absolute Gasteiger partial charge is 0.262 e.